The molecule has 1 saturated heterocycles. The molecule has 7 heteroatoms. The number of nitrogens with zero attached hydrogens (tertiary/aromatic N) is 1. The molecule has 1 unspecified atom stereocenters. The minimum Gasteiger partial charge on any atom is -0.492 e. The van der Waals surface area contributed by atoms with Crippen molar-refractivity contribution < 1.29 is 19.0 Å². The number of piperidine rings is 1. The molecule has 1 saturated carbocycles. The number of carbonyl (C=O) groups is 1. The van der Waals surface area contributed by atoms with Gasteiger partial charge in [0.25, 0.3) is 0 Å². The molecule has 0 amide bonds. The largest absolute Gasteiger partial charge is 0.492 e. The molecule has 0 bridgehead atoms. The van der Waals surface area contributed by atoms with E-state index in [1.165, 1.54) is 11.1 Å². The molecule has 6 nitrogen and oxygen atoms in total. The van der Waals surface area contributed by atoms with E-state index in [1.807, 2.05) is 60.7 Å². The monoisotopic (exact) mass is 576 g/mol. The van der Waals surface area contributed by atoms with Crippen LogP contribution in [-0.2, 0) is 22.5 Å². The number of hydrogen-bond donors (Lipinski definition) is 1. The van der Waals surface area contributed by atoms with Crippen LogP contribution in [-0.4, -0.2) is 55.9 Å². The van der Waals surface area contributed by atoms with Crippen molar-refractivity contribution in [3.05, 3.63) is 94.5 Å². The lowest BCUT2D eigenvalue weighted by molar-refractivity contribution is -0.151. The van der Waals surface area contributed by atoms with Crippen molar-refractivity contribution in [3.8, 4) is 11.5 Å². The summed E-state index contributed by atoms with van der Waals surface area (Å²) < 4.78 is 17.3. The molecule has 2 fully saturated rings. The predicted octanol–water partition coefficient (Wildman–Crippen LogP) is 6.12. The summed E-state index contributed by atoms with van der Waals surface area (Å²) in [6.07, 6.45) is -0.289. The van der Waals surface area contributed by atoms with Crippen molar-refractivity contribution in [2.45, 2.75) is 51.8 Å². The van der Waals surface area contributed by atoms with Crippen LogP contribution in [0.3, 0.4) is 0 Å². The second-order valence-corrected chi connectivity index (χ2v) is 11.8. The highest BCUT2D eigenvalue weighted by Gasteiger charge is 2.55. The molecule has 1 heterocycles. The van der Waals surface area contributed by atoms with Gasteiger partial charge in [0, 0.05) is 43.7 Å². The molecule has 0 spiro atoms. The van der Waals surface area contributed by atoms with Crippen LogP contribution in [0, 0.1) is 11.8 Å². The van der Waals surface area contributed by atoms with Gasteiger partial charge >= 0.3 is 5.97 Å². The van der Waals surface area contributed by atoms with E-state index in [0.29, 0.717) is 37.3 Å². The highest BCUT2D eigenvalue weighted by molar-refractivity contribution is 6.30. The minimum absolute atomic E-state index is 0.315. The molecule has 0 radical (unpaired) electrons. The number of fused-ring (bicyclic) bond motifs is 1. The Labute approximate surface area is 248 Å². The quantitative estimate of drug-likeness (QED) is 0.184. The molecule has 3 aromatic rings. The minimum atomic E-state index is -0.712. The number of benzene rings is 3. The Bertz CT molecular complexity index is 1250. The summed E-state index contributed by atoms with van der Waals surface area (Å²) in [5, 5.41) is 4.47. The zero-order valence-corrected chi connectivity index (χ0v) is 25.0. The number of rotatable bonds is 14. The molecule has 0 aromatic heterocycles. The summed E-state index contributed by atoms with van der Waals surface area (Å²) in [7, 11) is 0. The van der Waals surface area contributed by atoms with Crippen molar-refractivity contribution in [2.24, 2.45) is 11.8 Å². The van der Waals surface area contributed by atoms with Gasteiger partial charge in [-0.1, -0.05) is 61.8 Å². The zero-order valence-electron chi connectivity index (χ0n) is 24.2. The van der Waals surface area contributed by atoms with Gasteiger partial charge in [0.1, 0.15) is 18.1 Å². The van der Waals surface area contributed by atoms with Crippen molar-refractivity contribution >= 4 is 17.6 Å². The van der Waals surface area contributed by atoms with Crippen LogP contribution >= 0.6 is 11.6 Å². The van der Waals surface area contributed by atoms with E-state index in [4.69, 9.17) is 25.8 Å². The molecular formula is C34H41ClN2O4. The fraction of sp³-hybridized carbons (Fsp3) is 0.441. The van der Waals surface area contributed by atoms with Crippen LogP contribution < -0.4 is 14.8 Å². The normalized spacial score (nSPS) is 20.5. The number of nitrogens with one attached hydrogen (secondary N) is 1. The van der Waals surface area contributed by atoms with E-state index in [9.17, 15) is 4.79 Å². The Morgan fingerprint density at radius 2 is 1.56 bits per heavy atom. The molecule has 5 rings (SSSR count). The van der Waals surface area contributed by atoms with Crippen LogP contribution in [0.1, 0.15) is 43.4 Å². The Hall–Kier alpha value is -3.06. The van der Waals surface area contributed by atoms with E-state index in [0.717, 1.165) is 54.4 Å². The van der Waals surface area contributed by atoms with Crippen LogP contribution in [0.25, 0.3) is 0 Å². The molecule has 1 aliphatic heterocycles. The standard InChI is InChI=1S/C34H41ClN2O4/c1-4-39-34(38)32(41-29-15-9-26(10-16-29)23(2)3)19-24-7-13-28(14-8-24)40-18-17-36-33-30-21-37(22-31(30)33)20-25-5-11-27(35)12-6-25/h5-16,23,30-33,36H,4,17-22H2,1-3H3/t30-,31?,32-,33+/m0/s1. The van der Waals surface area contributed by atoms with Crippen molar-refractivity contribution in [1.82, 2.24) is 10.2 Å². The van der Waals surface area contributed by atoms with Crippen molar-refractivity contribution in [2.75, 3.05) is 32.8 Å². The number of ether oxygens (including phenoxy) is 3. The number of carbonyl (C=O) groups excluding carboxylic acids is 1. The lowest BCUT2D eigenvalue weighted by atomic mass is 10.0. The third-order valence-electron chi connectivity index (χ3n) is 8.06. The molecule has 218 valence electrons. The van der Waals surface area contributed by atoms with E-state index >= 15 is 0 Å². The number of likely N-dealkylation sites (tertiary alicyclic amines) is 1. The molecule has 1 N–H and O–H groups in total. The molecule has 3 aromatic carbocycles. The van der Waals surface area contributed by atoms with Gasteiger partial charge in [-0.25, -0.2) is 4.79 Å². The third-order valence-corrected chi connectivity index (χ3v) is 8.31. The maximum Gasteiger partial charge on any atom is 0.347 e. The van der Waals surface area contributed by atoms with Gasteiger partial charge in [0.2, 0.25) is 0 Å². The van der Waals surface area contributed by atoms with E-state index in [-0.39, 0.29) is 5.97 Å². The average Bonchev–Trinajstić information content (AvgIpc) is 3.42. The molecule has 41 heavy (non-hydrogen) atoms. The smallest absolute Gasteiger partial charge is 0.347 e. The summed E-state index contributed by atoms with van der Waals surface area (Å²) >= 11 is 6.01. The van der Waals surface area contributed by atoms with Gasteiger partial charge < -0.3 is 19.5 Å². The molecule has 4 atom stereocenters. The van der Waals surface area contributed by atoms with Crippen LogP contribution in [0.4, 0.5) is 0 Å². The van der Waals surface area contributed by atoms with E-state index in [2.05, 4.69) is 36.2 Å². The van der Waals surface area contributed by atoms with Gasteiger partial charge in [-0.05, 0) is 77.8 Å². The molecule has 2 aliphatic rings. The van der Waals surface area contributed by atoms with E-state index < -0.39 is 6.10 Å². The Kier molecular flexibility index (Phi) is 9.86. The topological polar surface area (TPSA) is 60.0 Å². The Morgan fingerprint density at radius 1 is 0.927 bits per heavy atom. The van der Waals surface area contributed by atoms with Crippen LogP contribution in [0.15, 0.2) is 72.8 Å². The van der Waals surface area contributed by atoms with Crippen molar-refractivity contribution in [3.63, 3.8) is 0 Å². The number of hydrogen-bond acceptors (Lipinski definition) is 6. The first-order valence-electron chi connectivity index (χ1n) is 14.7. The first-order valence-corrected chi connectivity index (χ1v) is 15.1. The number of esters is 1. The highest BCUT2D eigenvalue weighted by Crippen LogP contribution is 2.45. The van der Waals surface area contributed by atoms with E-state index in [1.54, 1.807) is 6.92 Å². The first-order chi connectivity index (χ1) is 19.9. The van der Waals surface area contributed by atoms with Crippen LogP contribution in [0.2, 0.25) is 5.02 Å². The summed E-state index contributed by atoms with van der Waals surface area (Å²) in [5.41, 5.74) is 3.54. The third kappa shape index (κ3) is 8.03. The predicted molar refractivity (Wildman–Crippen MR) is 163 cm³/mol. The zero-order chi connectivity index (χ0) is 28.8. The maximum atomic E-state index is 12.6. The fourth-order valence-electron chi connectivity index (χ4n) is 5.73. The summed E-state index contributed by atoms with van der Waals surface area (Å²) in [6, 6.07) is 24.6. The second kappa shape index (κ2) is 13.7. The van der Waals surface area contributed by atoms with Gasteiger partial charge in [-0.15, -0.1) is 0 Å². The van der Waals surface area contributed by atoms with Gasteiger partial charge in [0.05, 0.1) is 6.61 Å². The van der Waals surface area contributed by atoms with Crippen LogP contribution in [0.5, 0.6) is 11.5 Å². The SMILES string of the molecule is CCOC(=O)[C@H](Cc1ccc(OCCN[C@H]2C3CN(Cc4ccc(Cl)cc4)C[C@@H]32)cc1)Oc1ccc(C(C)C)cc1. The lowest BCUT2D eigenvalue weighted by Crippen LogP contribution is -2.33. The summed E-state index contributed by atoms with van der Waals surface area (Å²) in [5.74, 6) is 3.04. The van der Waals surface area contributed by atoms with Crippen molar-refractivity contribution in [1.29, 1.82) is 0 Å². The Balaban J connectivity index is 1.03. The van der Waals surface area contributed by atoms with Gasteiger partial charge in [-0.2, -0.15) is 0 Å². The number of halogens is 1. The average molecular weight is 577 g/mol. The fourth-order valence-corrected chi connectivity index (χ4v) is 5.85. The van der Waals surface area contributed by atoms with Gasteiger partial charge in [0.15, 0.2) is 6.10 Å². The second-order valence-electron chi connectivity index (χ2n) is 11.4. The lowest BCUT2D eigenvalue weighted by Gasteiger charge is -2.20. The maximum absolute atomic E-state index is 12.6. The summed E-state index contributed by atoms with van der Waals surface area (Å²) in [6.45, 7) is 11.1. The summed E-state index contributed by atoms with van der Waals surface area (Å²) in [4.78, 5) is 15.2. The van der Waals surface area contributed by atoms with Gasteiger partial charge in [-0.3, -0.25) is 4.90 Å². The Morgan fingerprint density at radius 3 is 2.20 bits per heavy atom. The first kappa shape index (κ1) is 29.4. The molecule has 1 aliphatic carbocycles. The molecular weight excluding hydrogens is 536 g/mol. The highest BCUT2D eigenvalue weighted by atomic mass is 35.5.